The molecule has 0 rings (SSSR count). The molecule has 1 atom stereocenters. The molecule has 1 unspecified atom stereocenters. The number of hydrogen-bond acceptors (Lipinski definition) is 6. The summed E-state index contributed by atoms with van der Waals surface area (Å²) in [6, 6.07) is 0. The quantitative estimate of drug-likeness (QED) is 0.0261. The van der Waals surface area contributed by atoms with Crippen LogP contribution in [-0.2, 0) is 28.6 Å². The molecular weight excluding hydrogens is 877 g/mol. The summed E-state index contributed by atoms with van der Waals surface area (Å²) in [5.41, 5.74) is 0. The fourth-order valence-electron chi connectivity index (χ4n) is 8.95. The first-order chi connectivity index (χ1) is 35.0. The Morgan fingerprint density at radius 3 is 0.845 bits per heavy atom. The maximum atomic E-state index is 12.8. The monoisotopic (exact) mass is 993 g/mol. The van der Waals surface area contributed by atoms with E-state index in [4.69, 9.17) is 14.2 Å². The molecule has 0 aromatic rings. The Morgan fingerprint density at radius 2 is 0.549 bits per heavy atom. The Balaban J connectivity index is 4.09. The summed E-state index contributed by atoms with van der Waals surface area (Å²) in [6.07, 6.45) is 75.6. The molecule has 0 aromatic heterocycles. The van der Waals surface area contributed by atoms with E-state index < -0.39 is 6.10 Å². The lowest BCUT2D eigenvalue weighted by Crippen LogP contribution is -2.30. The molecule has 0 radical (unpaired) electrons. The van der Waals surface area contributed by atoms with Crippen LogP contribution in [0.4, 0.5) is 0 Å². The van der Waals surface area contributed by atoms with E-state index in [0.29, 0.717) is 19.3 Å². The van der Waals surface area contributed by atoms with E-state index in [1.165, 1.54) is 193 Å². The summed E-state index contributed by atoms with van der Waals surface area (Å²) in [5, 5.41) is 0. The van der Waals surface area contributed by atoms with Crippen LogP contribution in [0, 0.1) is 0 Å². The molecule has 0 N–H and O–H groups in total. The smallest absolute Gasteiger partial charge is 0.306 e. The summed E-state index contributed by atoms with van der Waals surface area (Å²) in [6.45, 7) is 6.47. The molecule has 0 saturated heterocycles. The number of allylic oxidation sites excluding steroid dienone is 10. The largest absolute Gasteiger partial charge is 0.462 e. The molecular formula is C65H116O6. The Kier molecular flexibility index (Phi) is 57.2. The van der Waals surface area contributed by atoms with Gasteiger partial charge in [-0.1, -0.05) is 300 Å². The Bertz CT molecular complexity index is 1280. The third-order valence-electron chi connectivity index (χ3n) is 13.5. The van der Waals surface area contributed by atoms with Gasteiger partial charge in [-0.25, -0.2) is 0 Å². The van der Waals surface area contributed by atoms with Crippen LogP contribution in [0.2, 0.25) is 0 Å². The third-order valence-corrected chi connectivity index (χ3v) is 13.5. The molecule has 0 spiro atoms. The fraction of sp³-hybridized carbons (Fsp3) is 0.800. The zero-order valence-corrected chi connectivity index (χ0v) is 47.2. The number of ether oxygens (including phenoxy) is 3. The minimum atomic E-state index is -0.799. The van der Waals surface area contributed by atoms with Gasteiger partial charge in [0.05, 0.1) is 0 Å². The Morgan fingerprint density at radius 1 is 0.296 bits per heavy atom. The Labute approximate surface area is 440 Å². The first-order valence-electron chi connectivity index (χ1n) is 30.8. The van der Waals surface area contributed by atoms with Gasteiger partial charge in [-0.15, -0.1) is 0 Å². The molecule has 0 fully saturated rings. The lowest BCUT2D eigenvalue weighted by molar-refractivity contribution is -0.167. The molecule has 0 bridgehead atoms. The van der Waals surface area contributed by atoms with E-state index in [2.05, 4.69) is 81.5 Å². The van der Waals surface area contributed by atoms with E-state index in [0.717, 1.165) is 77.0 Å². The second kappa shape index (κ2) is 59.7. The topological polar surface area (TPSA) is 78.9 Å². The highest BCUT2D eigenvalue weighted by Gasteiger charge is 2.19. The van der Waals surface area contributed by atoms with Crippen LogP contribution in [0.5, 0.6) is 0 Å². The van der Waals surface area contributed by atoms with Crippen molar-refractivity contribution in [3.63, 3.8) is 0 Å². The van der Waals surface area contributed by atoms with E-state index in [9.17, 15) is 14.4 Å². The van der Waals surface area contributed by atoms with Crippen molar-refractivity contribution in [2.45, 2.75) is 322 Å². The van der Waals surface area contributed by atoms with Crippen LogP contribution in [0.25, 0.3) is 0 Å². The number of carbonyl (C=O) groups excluding carboxylic acids is 3. The number of carbonyl (C=O) groups is 3. The predicted molar refractivity (Wildman–Crippen MR) is 307 cm³/mol. The van der Waals surface area contributed by atoms with Gasteiger partial charge in [-0.2, -0.15) is 0 Å². The van der Waals surface area contributed by atoms with E-state index in [1.807, 2.05) is 0 Å². The maximum absolute atomic E-state index is 12.8. The highest BCUT2D eigenvalue weighted by molar-refractivity contribution is 5.71. The number of unbranched alkanes of at least 4 members (excludes halogenated alkanes) is 35. The molecule has 0 aliphatic carbocycles. The van der Waals surface area contributed by atoms with Crippen LogP contribution in [0.15, 0.2) is 60.8 Å². The Hall–Kier alpha value is -2.89. The van der Waals surface area contributed by atoms with Crippen LogP contribution >= 0.6 is 0 Å². The van der Waals surface area contributed by atoms with Crippen LogP contribution in [0.1, 0.15) is 316 Å². The summed E-state index contributed by atoms with van der Waals surface area (Å²) < 4.78 is 16.7. The maximum Gasteiger partial charge on any atom is 0.306 e. The van der Waals surface area contributed by atoms with Gasteiger partial charge in [0.2, 0.25) is 0 Å². The average molecular weight is 994 g/mol. The van der Waals surface area contributed by atoms with Crippen molar-refractivity contribution in [1.82, 2.24) is 0 Å². The standard InChI is InChI=1S/C65H116O6/c1-4-7-10-13-16-18-20-22-24-26-27-28-29-30-31-32-33-34-35-36-37-39-40-42-44-46-49-52-55-58-64(67)70-61-62(60-69-63(66)57-54-51-48-15-12-9-6-3)71-65(68)59-56-53-50-47-45-43-41-38-25-23-21-19-17-14-11-8-5-2/h8,11,17,19,23,25,41,43,47,50,62H,4-7,9-10,12-16,18,20-22,24,26-40,42,44-46,48-49,51-61H2,1-3H3/b11-8-,19-17-,25-23-,43-41-,50-47-. The van der Waals surface area contributed by atoms with Gasteiger partial charge >= 0.3 is 17.9 Å². The van der Waals surface area contributed by atoms with Gasteiger partial charge in [0.1, 0.15) is 13.2 Å². The lowest BCUT2D eigenvalue weighted by atomic mass is 10.0. The van der Waals surface area contributed by atoms with Crippen molar-refractivity contribution < 1.29 is 28.6 Å². The van der Waals surface area contributed by atoms with Crippen molar-refractivity contribution in [2.75, 3.05) is 13.2 Å². The van der Waals surface area contributed by atoms with Crippen molar-refractivity contribution in [2.24, 2.45) is 0 Å². The second-order valence-corrected chi connectivity index (χ2v) is 20.6. The van der Waals surface area contributed by atoms with Crippen molar-refractivity contribution >= 4 is 17.9 Å². The van der Waals surface area contributed by atoms with Crippen LogP contribution in [0.3, 0.4) is 0 Å². The minimum Gasteiger partial charge on any atom is -0.462 e. The molecule has 0 heterocycles. The van der Waals surface area contributed by atoms with Crippen molar-refractivity contribution in [3.8, 4) is 0 Å². The number of rotatable bonds is 56. The summed E-state index contributed by atoms with van der Waals surface area (Å²) in [4.78, 5) is 37.9. The SMILES string of the molecule is CC/C=C\C/C=C\C/C=C\C/C=C\C/C=C\CCCC(=O)OC(COC(=O)CCCCCCCCC)COC(=O)CCCCCCCCCCCCCCCCCCCCCCCCCCCCCCC. The lowest BCUT2D eigenvalue weighted by Gasteiger charge is -2.18. The summed E-state index contributed by atoms with van der Waals surface area (Å²) in [7, 11) is 0. The van der Waals surface area contributed by atoms with Gasteiger partial charge in [-0.05, 0) is 57.8 Å². The predicted octanol–water partition coefficient (Wildman–Crippen LogP) is 20.8. The summed E-state index contributed by atoms with van der Waals surface area (Å²) in [5.74, 6) is -0.948. The minimum absolute atomic E-state index is 0.0936. The summed E-state index contributed by atoms with van der Waals surface area (Å²) >= 11 is 0. The fourth-order valence-corrected chi connectivity index (χ4v) is 8.95. The normalized spacial score (nSPS) is 12.4. The van der Waals surface area contributed by atoms with Crippen molar-refractivity contribution in [1.29, 1.82) is 0 Å². The zero-order chi connectivity index (χ0) is 51.4. The molecule has 6 heteroatoms. The number of hydrogen-bond donors (Lipinski definition) is 0. The first-order valence-corrected chi connectivity index (χ1v) is 30.8. The molecule has 412 valence electrons. The molecule has 0 saturated carbocycles. The van der Waals surface area contributed by atoms with Gasteiger partial charge in [-0.3, -0.25) is 14.4 Å². The highest BCUT2D eigenvalue weighted by Crippen LogP contribution is 2.17. The molecule has 6 nitrogen and oxygen atoms in total. The van der Waals surface area contributed by atoms with Gasteiger partial charge in [0.25, 0.3) is 0 Å². The van der Waals surface area contributed by atoms with Gasteiger partial charge in [0.15, 0.2) is 6.10 Å². The highest BCUT2D eigenvalue weighted by atomic mass is 16.6. The van der Waals surface area contributed by atoms with E-state index >= 15 is 0 Å². The van der Waals surface area contributed by atoms with E-state index in [-0.39, 0.29) is 37.5 Å². The van der Waals surface area contributed by atoms with E-state index in [1.54, 1.807) is 0 Å². The first kappa shape index (κ1) is 68.1. The van der Waals surface area contributed by atoms with Gasteiger partial charge < -0.3 is 14.2 Å². The molecule has 0 aliphatic heterocycles. The second-order valence-electron chi connectivity index (χ2n) is 20.6. The molecule has 0 amide bonds. The molecule has 71 heavy (non-hydrogen) atoms. The van der Waals surface area contributed by atoms with Crippen LogP contribution in [-0.4, -0.2) is 37.2 Å². The number of esters is 3. The van der Waals surface area contributed by atoms with Crippen molar-refractivity contribution in [3.05, 3.63) is 60.8 Å². The molecule has 0 aliphatic rings. The average Bonchev–Trinajstić information content (AvgIpc) is 3.37. The molecule has 0 aromatic carbocycles. The van der Waals surface area contributed by atoms with Gasteiger partial charge in [0, 0.05) is 19.3 Å². The third kappa shape index (κ3) is 57.9. The zero-order valence-electron chi connectivity index (χ0n) is 47.2. The van der Waals surface area contributed by atoms with Crippen LogP contribution < -0.4 is 0 Å².